The molecule has 2 nitrogen and oxygen atoms in total. The zero-order chi connectivity index (χ0) is 9.41. The molecule has 0 aromatic carbocycles. The number of nitrogens with one attached hydrogen (secondary N) is 1. The minimum atomic E-state index is 0.185. The maximum atomic E-state index is 11.2. The summed E-state index contributed by atoms with van der Waals surface area (Å²) in [5, 5.41) is 2.93. The lowest BCUT2D eigenvalue weighted by atomic mass is 9.64. The molecule has 0 radical (unpaired) electrons. The van der Waals surface area contributed by atoms with Crippen LogP contribution in [0.15, 0.2) is 0 Å². The number of rotatable bonds is 1. The van der Waals surface area contributed by atoms with Crippen molar-refractivity contribution in [3.05, 3.63) is 0 Å². The van der Waals surface area contributed by atoms with Crippen LogP contribution in [-0.4, -0.2) is 12.5 Å². The maximum absolute atomic E-state index is 11.2. The van der Waals surface area contributed by atoms with Gasteiger partial charge in [-0.2, -0.15) is 0 Å². The second-order valence-corrected chi connectivity index (χ2v) is 4.84. The highest BCUT2D eigenvalue weighted by Crippen LogP contribution is 2.46. The molecule has 1 rings (SSSR count). The molecule has 12 heavy (non-hydrogen) atoms. The molecule has 1 amide bonds. The van der Waals surface area contributed by atoms with E-state index < -0.39 is 0 Å². The molecule has 1 aliphatic rings. The first-order chi connectivity index (χ1) is 5.41. The van der Waals surface area contributed by atoms with Crippen LogP contribution in [0.5, 0.6) is 0 Å². The zero-order valence-electron chi connectivity index (χ0n) is 8.53. The van der Waals surface area contributed by atoms with Gasteiger partial charge in [-0.3, -0.25) is 4.79 Å². The summed E-state index contributed by atoms with van der Waals surface area (Å²) >= 11 is 0. The lowest BCUT2D eigenvalue weighted by molar-refractivity contribution is -0.120. The SMILES string of the molecule is CCC1(C(C)(C)C)CNC(=O)C1. The summed E-state index contributed by atoms with van der Waals surface area (Å²) in [4.78, 5) is 11.2. The van der Waals surface area contributed by atoms with E-state index in [2.05, 4.69) is 33.0 Å². The summed E-state index contributed by atoms with van der Waals surface area (Å²) in [6.45, 7) is 9.68. The smallest absolute Gasteiger partial charge is 0.220 e. The van der Waals surface area contributed by atoms with Crippen LogP contribution in [0.4, 0.5) is 0 Å². The maximum Gasteiger partial charge on any atom is 0.220 e. The Bertz CT molecular complexity index is 193. The number of carbonyl (C=O) groups excluding carboxylic acids is 1. The van der Waals surface area contributed by atoms with Crippen LogP contribution in [0, 0.1) is 10.8 Å². The van der Waals surface area contributed by atoms with Crippen molar-refractivity contribution in [2.24, 2.45) is 10.8 Å². The Morgan fingerprint density at radius 2 is 2.08 bits per heavy atom. The van der Waals surface area contributed by atoms with Crippen molar-refractivity contribution in [2.75, 3.05) is 6.54 Å². The molecule has 0 spiro atoms. The lowest BCUT2D eigenvalue weighted by Crippen LogP contribution is -2.37. The van der Waals surface area contributed by atoms with Gasteiger partial charge in [0.05, 0.1) is 0 Å². The van der Waals surface area contributed by atoms with Crippen LogP contribution in [0.3, 0.4) is 0 Å². The predicted molar refractivity (Wildman–Crippen MR) is 49.8 cm³/mol. The Kier molecular flexibility index (Phi) is 2.19. The van der Waals surface area contributed by atoms with E-state index in [-0.39, 0.29) is 16.7 Å². The van der Waals surface area contributed by atoms with Gasteiger partial charge in [0, 0.05) is 18.4 Å². The van der Waals surface area contributed by atoms with Crippen LogP contribution in [0.25, 0.3) is 0 Å². The van der Waals surface area contributed by atoms with Crippen LogP contribution < -0.4 is 5.32 Å². The zero-order valence-corrected chi connectivity index (χ0v) is 8.53. The van der Waals surface area contributed by atoms with Gasteiger partial charge in [0.15, 0.2) is 0 Å². The number of amides is 1. The average Bonchev–Trinajstić information content (AvgIpc) is 2.31. The van der Waals surface area contributed by atoms with Crippen molar-refractivity contribution in [1.29, 1.82) is 0 Å². The molecule has 1 saturated heterocycles. The van der Waals surface area contributed by atoms with E-state index in [1.165, 1.54) is 0 Å². The molecule has 0 aromatic rings. The van der Waals surface area contributed by atoms with Crippen LogP contribution >= 0.6 is 0 Å². The fraction of sp³-hybridized carbons (Fsp3) is 0.900. The third-order valence-electron chi connectivity index (χ3n) is 3.39. The van der Waals surface area contributed by atoms with E-state index in [1.807, 2.05) is 0 Å². The molecule has 1 aliphatic heterocycles. The van der Waals surface area contributed by atoms with Gasteiger partial charge >= 0.3 is 0 Å². The Hall–Kier alpha value is -0.530. The Morgan fingerprint density at radius 3 is 2.25 bits per heavy atom. The fourth-order valence-electron chi connectivity index (χ4n) is 2.01. The van der Waals surface area contributed by atoms with Crippen molar-refractivity contribution in [3.8, 4) is 0 Å². The second-order valence-electron chi connectivity index (χ2n) is 4.84. The molecule has 70 valence electrons. The van der Waals surface area contributed by atoms with E-state index in [1.54, 1.807) is 0 Å². The summed E-state index contributed by atoms with van der Waals surface area (Å²) < 4.78 is 0. The minimum absolute atomic E-state index is 0.185. The molecule has 1 unspecified atom stereocenters. The minimum Gasteiger partial charge on any atom is -0.355 e. The third-order valence-corrected chi connectivity index (χ3v) is 3.39. The van der Waals surface area contributed by atoms with E-state index in [9.17, 15) is 4.79 Å². The number of hydrogen-bond acceptors (Lipinski definition) is 1. The largest absolute Gasteiger partial charge is 0.355 e. The summed E-state index contributed by atoms with van der Waals surface area (Å²) in [6.07, 6.45) is 1.78. The first kappa shape index (κ1) is 9.56. The van der Waals surface area contributed by atoms with Gasteiger partial charge < -0.3 is 5.32 Å². The molecule has 0 aromatic heterocycles. The molecule has 1 heterocycles. The van der Waals surface area contributed by atoms with E-state index in [4.69, 9.17) is 0 Å². The molecule has 0 aliphatic carbocycles. The fourth-order valence-corrected chi connectivity index (χ4v) is 2.01. The molecular formula is C10H19NO. The third kappa shape index (κ3) is 1.35. The topological polar surface area (TPSA) is 29.1 Å². The average molecular weight is 169 g/mol. The highest BCUT2D eigenvalue weighted by molar-refractivity contribution is 5.79. The van der Waals surface area contributed by atoms with Crippen molar-refractivity contribution in [1.82, 2.24) is 5.32 Å². The van der Waals surface area contributed by atoms with E-state index in [0.717, 1.165) is 13.0 Å². The normalized spacial score (nSPS) is 30.5. The summed E-state index contributed by atoms with van der Waals surface area (Å²) in [5.41, 5.74) is 0.408. The van der Waals surface area contributed by atoms with Gasteiger partial charge in [0.2, 0.25) is 5.91 Å². The van der Waals surface area contributed by atoms with Gasteiger partial charge in [-0.15, -0.1) is 0 Å². The highest BCUT2D eigenvalue weighted by atomic mass is 16.1. The summed E-state index contributed by atoms with van der Waals surface area (Å²) in [6, 6.07) is 0. The van der Waals surface area contributed by atoms with Crippen LogP contribution in [0.2, 0.25) is 0 Å². The molecule has 1 fully saturated rings. The number of carbonyl (C=O) groups is 1. The molecule has 0 bridgehead atoms. The number of hydrogen-bond donors (Lipinski definition) is 1. The second kappa shape index (κ2) is 2.75. The molecule has 1 N–H and O–H groups in total. The molecule has 0 saturated carbocycles. The first-order valence-electron chi connectivity index (χ1n) is 4.68. The predicted octanol–water partition coefficient (Wildman–Crippen LogP) is 1.95. The van der Waals surface area contributed by atoms with Gasteiger partial charge in [-0.1, -0.05) is 27.7 Å². The van der Waals surface area contributed by atoms with Crippen molar-refractivity contribution >= 4 is 5.91 Å². The van der Waals surface area contributed by atoms with Gasteiger partial charge in [0.1, 0.15) is 0 Å². The van der Waals surface area contributed by atoms with Gasteiger partial charge in [-0.25, -0.2) is 0 Å². The summed E-state index contributed by atoms with van der Waals surface area (Å²) in [5.74, 6) is 0.215. The Morgan fingerprint density at radius 1 is 1.50 bits per heavy atom. The lowest BCUT2D eigenvalue weighted by Gasteiger charge is -2.39. The highest BCUT2D eigenvalue weighted by Gasteiger charge is 2.45. The van der Waals surface area contributed by atoms with Gasteiger partial charge in [-0.05, 0) is 11.8 Å². The molecular weight excluding hydrogens is 150 g/mol. The molecule has 2 heteroatoms. The quantitative estimate of drug-likeness (QED) is 0.638. The Balaban J connectivity index is 2.85. The van der Waals surface area contributed by atoms with Gasteiger partial charge in [0.25, 0.3) is 0 Å². The van der Waals surface area contributed by atoms with Crippen LogP contribution in [-0.2, 0) is 4.79 Å². The van der Waals surface area contributed by atoms with Crippen molar-refractivity contribution < 1.29 is 4.79 Å². The van der Waals surface area contributed by atoms with Crippen LogP contribution in [0.1, 0.15) is 40.5 Å². The standard InChI is InChI=1S/C10H19NO/c1-5-10(9(2,3)4)6-8(12)11-7-10/h5-7H2,1-4H3,(H,11,12). The summed E-state index contributed by atoms with van der Waals surface area (Å²) in [7, 11) is 0. The Labute approximate surface area is 74.7 Å². The monoisotopic (exact) mass is 169 g/mol. The van der Waals surface area contributed by atoms with Crippen molar-refractivity contribution in [3.63, 3.8) is 0 Å². The first-order valence-corrected chi connectivity index (χ1v) is 4.68. The van der Waals surface area contributed by atoms with E-state index in [0.29, 0.717) is 6.42 Å². The van der Waals surface area contributed by atoms with Crippen molar-refractivity contribution in [2.45, 2.75) is 40.5 Å². The molecule has 1 atom stereocenters. The van der Waals surface area contributed by atoms with E-state index >= 15 is 0 Å².